The van der Waals surface area contributed by atoms with Crippen molar-refractivity contribution >= 4 is 46.3 Å². The van der Waals surface area contributed by atoms with Gasteiger partial charge in [-0.3, -0.25) is 0 Å². The van der Waals surface area contributed by atoms with E-state index in [9.17, 15) is 4.79 Å². The lowest BCUT2D eigenvalue weighted by Crippen LogP contribution is -2.22. The number of Topliss-reactive ketones (excluding diaryl/α,β-unsaturated/α-hetero) is 1. The molecular formula is C31H35NOS2. The lowest BCUT2D eigenvalue weighted by molar-refractivity contribution is -0.117. The molecule has 1 aliphatic rings. The maximum absolute atomic E-state index is 11.3. The zero-order valence-electron chi connectivity index (χ0n) is 20.8. The predicted molar refractivity (Wildman–Crippen MR) is 156 cm³/mol. The normalized spacial score (nSPS) is 12.3. The molecule has 3 aromatic carbocycles. The van der Waals surface area contributed by atoms with E-state index in [4.69, 9.17) is 0 Å². The Morgan fingerprint density at radius 1 is 0.743 bits per heavy atom. The summed E-state index contributed by atoms with van der Waals surface area (Å²) in [6, 6.07) is 28.5. The molecule has 182 valence electrons. The topological polar surface area (TPSA) is 20.3 Å². The van der Waals surface area contributed by atoms with Gasteiger partial charge in [0, 0.05) is 45.3 Å². The fourth-order valence-electron chi connectivity index (χ4n) is 4.47. The van der Waals surface area contributed by atoms with Crippen molar-refractivity contribution in [3.63, 3.8) is 0 Å². The van der Waals surface area contributed by atoms with Gasteiger partial charge in [0.1, 0.15) is 5.78 Å². The van der Waals surface area contributed by atoms with Crippen LogP contribution >= 0.6 is 23.5 Å². The first-order chi connectivity index (χ1) is 17.2. The summed E-state index contributed by atoms with van der Waals surface area (Å²) in [7, 11) is 0. The zero-order chi connectivity index (χ0) is 24.5. The van der Waals surface area contributed by atoms with Crippen LogP contribution in [0.4, 0.5) is 11.4 Å². The van der Waals surface area contributed by atoms with E-state index < -0.39 is 0 Å². The summed E-state index contributed by atoms with van der Waals surface area (Å²) in [6.07, 6.45) is 5.13. The number of rotatable bonds is 12. The number of unbranched alkanes of at least 4 members (excludes halogenated alkanes) is 2. The number of para-hydroxylation sites is 2. The van der Waals surface area contributed by atoms with Crippen LogP contribution in [-0.4, -0.2) is 17.3 Å². The average molecular weight is 502 g/mol. The van der Waals surface area contributed by atoms with Crippen molar-refractivity contribution in [3.05, 3.63) is 99.8 Å². The molecule has 0 spiro atoms. The van der Waals surface area contributed by atoms with Crippen LogP contribution in [-0.2, 0) is 11.3 Å². The smallest absolute Gasteiger partial charge is 0.129 e. The molecule has 0 radical (unpaired) electrons. The molecule has 2 nitrogen and oxygen atoms in total. The molecule has 0 saturated heterocycles. The van der Waals surface area contributed by atoms with Crippen molar-refractivity contribution in [2.75, 3.05) is 16.4 Å². The minimum Gasteiger partial charge on any atom is -0.336 e. The molecule has 0 saturated carbocycles. The summed E-state index contributed by atoms with van der Waals surface area (Å²) in [5.74, 6) is 2.51. The molecule has 0 aliphatic carbocycles. The van der Waals surface area contributed by atoms with E-state index in [-0.39, 0.29) is 0 Å². The molecule has 1 heterocycles. The van der Waals surface area contributed by atoms with E-state index in [1.54, 1.807) is 6.92 Å². The van der Waals surface area contributed by atoms with Gasteiger partial charge in [-0.05, 0) is 55.4 Å². The average Bonchev–Trinajstić information content (AvgIpc) is 2.88. The molecule has 0 atom stereocenters. The Hall–Kier alpha value is -2.43. The second-order valence-electron chi connectivity index (χ2n) is 8.98. The highest BCUT2D eigenvalue weighted by molar-refractivity contribution is 8.22. The summed E-state index contributed by atoms with van der Waals surface area (Å²) in [6.45, 7) is 4.80. The molecule has 0 unspecified atom stereocenters. The zero-order valence-corrected chi connectivity index (χ0v) is 22.5. The van der Waals surface area contributed by atoms with Crippen molar-refractivity contribution in [1.29, 1.82) is 0 Å². The molecule has 0 N–H and O–H groups in total. The lowest BCUT2D eigenvalue weighted by Gasteiger charge is -2.35. The fraction of sp³-hybridized carbons (Fsp3) is 0.323. The van der Waals surface area contributed by atoms with E-state index in [1.807, 2.05) is 23.5 Å². The molecular weight excluding hydrogens is 466 g/mol. The number of hydrogen-bond acceptors (Lipinski definition) is 4. The van der Waals surface area contributed by atoms with Crippen molar-refractivity contribution in [2.24, 2.45) is 0 Å². The summed E-state index contributed by atoms with van der Waals surface area (Å²) >= 11 is 4.00. The molecule has 0 bridgehead atoms. The summed E-state index contributed by atoms with van der Waals surface area (Å²) in [5.41, 5.74) is 7.90. The molecule has 1 aliphatic heterocycles. The first-order valence-corrected chi connectivity index (χ1v) is 14.7. The molecule has 0 fully saturated rings. The van der Waals surface area contributed by atoms with E-state index in [0.717, 1.165) is 43.7 Å². The van der Waals surface area contributed by atoms with Crippen molar-refractivity contribution in [1.82, 2.24) is 0 Å². The lowest BCUT2D eigenvalue weighted by atomic mass is 9.91. The highest BCUT2D eigenvalue weighted by Crippen LogP contribution is 2.50. The fourth-order valence-corrected chi connectivity index (χ4v) is 6.96. The third kappa shape index (κ3) is 6.62. The second kappa shape index (κ2) is 13.0. The Bertz CT molecular complexity index is 1110. The number of nitrogens with zero attached hydrogens (tertiary/aromatic N) is 1. The van der Waals surface area contributed by atoms with Crippen LogP contribution in [0.2, 0.25) is 0 Å². The summed E-state index contributed by atoms with van der Waals surface area (Å²) < 4.78 is 1.43. The van der Waals surface area contributed by atoms with Crippen molar-refractivity contribution in [2.45, 2.75) is 52.5 Å². The van der Waals surface area contributed by atoms with Crippen LogP contribution in [0.15, 0.2) is 83.1 Å². The summed E-state index contributed by atoms with van der Waals surface area (Å²) in [5, 5.41) is 0. The van der Waals surface area contributed by atoms with Gasteiger partial charge in [-0.2, -0.15) is 0 Å². The first-order valence-electron chi connectivity index (χ1n) is 12.7. The number of hydrogen-bond donors (Lipinski definition) is 0. The van der Waals surface area contributed by atoms with Crippen LogP contribution in [0.25, 0.3) is 5.57 Å². The van der Waals surface area contributed by atoms with Crippen LogP contribution in [0.5, 0.6) is 0 Å². The second-order valence-corrected chi connectivity index (χ2v) is 11.4. The minimum atomic E-state index is 0.300. The van der Waals surface area contributed by atoms with Gasteiger partial charge in [0.2, 0.25) is 0 Å². The molecule has 0 amide bonds. The third-order valence-electron chi connectivity index (χ3n) is 6.16. The Labute approximate surface area is 219 Å². The SMILES string of the molecule is CCCSC(SCCCCCC(C)=O)=C1c2ccccc2N(Cc2ccccc2)c2ccccc21. The number of anilines is 2. The van der Waals surface area contributed by atoms with E-state index in [1.165, 1.54) is 37.9 Å². The van der Waals surface area contributed by atoms with Crippen LogP contribution in [0.1, 0.15) is 62.6 Å². The van der Waals surface area contributed by atoms with Crippen molar-refractivity contribution in [3.8, 4) is 0 Å². The monoisotopic (exact) mass is 501 g/mol. The first kappa shape index (κ1) is 25.7. The number of thioether (sulfide) groups is 2. The van der Waals surface area contributed by atoms with Crippen molar-refractivity contribution < 1.29 is 4.79 Å². The molecule has 4 rings (SSSR count). The number of ketones is 1. The van der Waals surface area contributed by atoms with Gasteiger partial charge in [-0.1, -0.05) is 80.1 Å². The predicted octanol–water partition coefficient (Wildman–Crippen LogP) is 9.08. The Balaban J connectivity index is 1.69. The maximum atomic E-state index is 11.3. The van der Waals surface area contributed by atoms with Gasteiger partial charge < -0.3 is 9.69 Å². The van der Waals surface area contributed by atoms with E-state index in [2.05, 4.69) is 90.7 Å². The molecule has 3 aromatic rings. The van der Waals surface area contributed by atoms with Crippen LogP contribution in [0, 0.1) is 0 Å². The molecule has 0 aromatic heterocycles. The standard InChI is InChI=1S/C31H35NOS2/c1-3-21-34-31(35-22-13-5-6-14-24(2)33)30-26-17-9-11-19-28(26)32(23-25-15-7-4-8-16-25)29-20-12-10-18-27(29)30/h4,7-12,15-20H,3,5-6,13-14,21-23H2,1-2H3. The number of fused-ring (bicyclic) bond motifs is 2. The van der Waals surface area contributed by atoms with Gasteiger partial charge in [-0.15, -0.1) is 23.5 Å². The van der Waals surface area contributed by atoms with Crippen LogP contribution < -0.4 is 4.90 Å². The van der Waals surface area contributed by atoms with Gasteiger partial charge in [0.15, 0.2) is 0 Å². The summed E-state index contributed by atoms with van der Waals surface area (Å²) in [4.78, 5) is 13.7. The van der Waals surface area contributed by atoms with Gasteiger partial charge in [-0.25, -0.2) is 0 Å². The van der Waals surface area contributed by atoms with Gasteiger partial charge in [0.05, 0.1) is 0 Å². The Morgan fingerprint density at radius 2 is 1.34 bits per heavy atom. The highest BCUT2D eigenvalue weighted by Gasteiger charge is 2.28. The quantitative estimate of drug-likeness (QED) is 0.231. The number of carbonyl (C=O) groups is 1. The van der Waals surface area contributed by atoms with E-state index in [0.29, 0.717) is 12.2 Å². The number of benzene rings is 3. The Kier molecular flexibility index (Phi) is 9.56. The largest absolute Gasteiger partial charge is 0.336 e. The van der Waals surface area contributed by atoms with Gasteiger partial charge >= 0.3 is 0 Å². The molecule has 35 heavy (non-hydrogen) atoms. The molecule has 4 heteroatoms. The maximum Gasteiger partial charge on any atom is 0.129 e. The minimum absolute atomic E-state index is 0.300. The highest BCUT2D eigenvalue weighted by atomic mass is 32.2. The Morgan fingerprint density at radius 3 is 1.97 bits per heavy atom. The number of carbonyl (C=O) groups excluding carboxylic acids is 1. The third-order valence-corrected chi connectivity index (χ3v) is 8.90. The van der Waals surface area contributed by atoms with Gasteiger partial charge in [0.25, 0.3) is 0 Å². The van der Waals surface area contributed by atoms with E-state index >= 15 is 0 Å². The van der Waals surface area contributed by atoms with Crippen LogP contribution in [0.3, 0.4) is 0 Å².